The van der Waals surface area contributed by atoms with E-state index in [1.807, 2.05) is 49.4 Å². The lowest BCUT2D eigenvalue weighted by Crippen LogP contribution is -2.37. The van der Waals surface area contributed by atoms with Crippen molar-refractivity contribution in [3.05, 3.63) is 65.2 Å². The van der Waals surface area contributed by atoms with Crippen molar-refractivity contribution >= 4 is 5.96 Å². The van der Waals surface area contributed by atoms with E-state index in [1.165, 1.54) is 12.8 Å². The van der Waals surface area contributed by atoms with Crippen molar-refractivity contribution < 1.29 is 9.84 Å². The van der Waals surface area contributed by atoms with E-state index in [9.17, 15) is 5.11 Å². The minimum atomic E-state index is 0.0389. The highest BCUT2D eigenvalue weighted by Crippen LogP contribution is 2.30. The average Bonchev–Trinajstić information content (AvgIpc) is 3.54. The quantitative estimate of drug-likeness (QED) is 0.470. The zero-order chi connectivity index (χ0) is 18.9. The number of para-hydroxylation sites is 1. The second-order valence-corrected chi connectivity index (χ2v) is 6.84. The molecule has 1 aliphatic rings. The Hall–Kier alpha value is -2.53. The summed E-state index contributed by atoms with van der Waals surface area (Å²) in [5, 5.41) is 16.1. The number of hydrogen-bond donors (Lipinski definition) is 3. The number of aliphatic imine (C=N–C) groups is 1. The summed E-state index contributed by atoms with van der Waals surface area (Å²) in [5.41, 5.74) is 3.09. The Balaban J connectivity index is 1.63. The molecule has 3 N–H and O–H groups in total. The lowest BCUT2D eigenvalue weighted by molar-refractivity contribution is 0.280. The summed E-state index contributed by atoms with van der Waals surface area (Å²) < 4.78 is 5.98. The topological polar surface area (TPSA) is 65.9 Å². The van der Waals surface area contributed by atoms with Crippen LogP contribution >= 0.6 is 0 Å². The van der Waals surface area contributed by atoms with Crippen LogP contribution < -0.4 is 15.4 Å². The van der Waals surface area contributed by atoms with E-state index >= 15 is 0 Å². The molecule has 0 atom stereocenters. The van der Waals surface area contributed by atoms with Crippen molar-refractivity contribution in [3.8, 4) is 5.75 Å². The van der Waals surface area contributed by atoms with Crippen LogP contribution in [0.5, 0.6) is 5.75 Å². The number of guanidine groups is 1. The Morgan fingerprint density at radius 3 is 2.44 bits per heavy atom. The Morgan fingerprint density at radius 1 is 1.04 bits per heavy atom. The van der Waals surface area contributed by atoms with E-state index in [0.29, 0.717) is 13.1 Å². The summed E-state index contributed by atoms with van der Waals surface area (Å²) in [6.07, 6.45) is 2.56. The van der Waals surface area contributed by atoms with Crippen molar-refractivity contribution in [2.75, 3.05) is 13.2 Å². The first kappa shape index (κ1) is 19.2. The Morgan fingerprint density at radius 2 is 1.74 bits per heavy atom. The number of nitrogens with zero attached hydrogens (tertiary/aromatic N) is 1. The Bertz CT molecular complexity index is 757. The molecule has 1 saturated carbocycles. The van der Waals surface area contributed by atoms with Crippen molar-refractivity contribution in [1.82, 2.24) is 10.6 Å². The minimum absolute atomic E-state index is 0.0389. The number of aliphatic hydroxyl groups excluding tert-OH is 1. The summed E-state index contributed by atoms with van der Waals surface area (Å²) >= 11 is 0. The van der Waals surface area contributed by atoms with Gasteiger partial charge >= 0.3 is 0 Å². The largest absolute Gasteiger partial charge is 0.493 e. The molecule has 144 valence electrons. The number of benzene rings is 2. The summed E-state index contributed by atoms with van der Waals surface area (Å²) in [6, 6.07) is 16.0. The molecule has 0 unspecified atom stereocenters. The van der Waals surface area contributed by atoms with Gasteiger partial charge in [0, 0.05) is 18.7 Å². The summed E-state index contributed by atoms with van der Waals surface area (Å²) in [4.78, 5) is 4.71. The van der Waals surface area contributed by atoms with Crippen LogP contribution in [0, 0.1) is 5.92 Å². The van der Waals surface area contributed by atoms with Gasteiger partial charge in [0.2, 0.25) is 0 Å². The minimum Gasteiger partial charge on any atom is -0.493 e. The fraction of sp³-hybridized carbons (Fsp3) is 0.409. The number of nitrogens with one attached hydrogen (secondary N) is 2. The molecule has 1 aliphatic carbocycles. The van der Waals surface area contributed by atoms with Gasteiger partial charge in [-0.15, -0.1) is 0 Å². The van der Waals surface area contributed by atoms with E-state index in [2.05, 4.69) is 16.7 Å². The fourth-order valence-corrected chi connectivity index (χ4v) is 2.84. The Kier molecular flexibility index (Phi) is 7.11. The molecule has 0 amide bonds. The fourth-order valence-electron chi connectivity index (χ4n) is 2.84. The third-order valence-corrected chi connectivity index (χ3v) is 4.63. The predicted molar refractivity (Wildman–Crippen MR) is 109 cm³/mol. The zero-order valence-corrected chi connectivity index (χ0v) is 15.9. The zero-order valence-electron chi connectivity index (χ0n) is 15.9. The van der Waals surface area contributed by atoms with Crippen LogP contribution in [-0.2, 0) is 19.7 Å². The van der Waals surface area contributed by atoms with Gasteiger partial charge < -0.3 is 20.5 Å². The van der Waals surface area contributed by atoms with Crippen LogP contribution in [0.15, 0.2) is 53.5 Å². The lowest BCUT2D eigenvalue weighted by atomic mass is 10.1. The number of hydrogen-bond acceptors (Lipinski definition) is 3. The van der Waals surface area contributed by atoms with Crippen molar-refractivity contribution in [3.63, 3.8) is 0 Å². The lowest BCUT2D eigenvalue weighted by Gasteiger charge is -2.14. The molecule has 5 nitrogen and oxygen atoms in total. The summed E-state index contributed by atoms with van der Waals surface area (Å²) in [6.45, 7) is 4.84. The van der Waals surface area contributed by atoms with Crippen LogP contribution in [0.3, 0.4) is 0 Å². The van der Waals surface area contributed by atoms with Gasteiger partial charge in [-0.1, -0.05) is 42.5 Å². The predicted octanol–water partition coefficient (Wildman–Crippen LogP) is 3.22. The van der Waals surface area contributed by atoms with Gasteiger partial charge in [-0.25, -0.2) is 4.99 Å². The molecule has 0 aliphatic heterocycles. The van der Waals surface area contributed by atoms with Gasteiger partial charge in [0.05, 0.1) is 19.8 Å². The molecule has 5 heteroatoms. The highest BCUT2D eigenvalue weighted by atomic mass is 16.5. The number of aliphatic hydroxyl groups is 1. The molecular weight excluding hydrogens is 338 g/mol. The number of ether oxygens (including phenoxy) is 1. The van der Waals surface area contributed by atoms with Crippen molar-refractivity contribution in [2.45, 2.75) is 39.5 Å². The average molecular weight is 367 g/mol. The summed E-state index contributed by atoms with van der Waals surface area (Å²) in [5.74, 6) is 2.41. The van der Waals surface area contributed by atoms with Gasteiger partial charge in [0.1, 0.15) is 5.75 Å². The van der Waals surface area contributed by atoms with Gasteiger partial charge in [0.15, 0.2) is 5.96 Å². The number of rotatable bonds is 9. The van der Waals surface area contributed by atoms with Gasteiger partial charge in [-0.05, 0) is 42.9 Å². The third-order valence-electron chi connectivity index (χ3n) is 4.63. The molecule has 0 bridgehead atoms. The summed E-state index contributed by atoms with van der Waals surface area (Å²) in [7, 11) is 0. The molecule has 2 aromatic rings. The molecule has 1 fully saturated rings. The molecule has 0 spiro atoms. The van der Waals surface area contributed by atoms with E-state index in [0.717, 1.165) is 47.5 Å². The van der Waals surface area contributed by atoms with Crippen molar-refractivity contribution in [1.29, 1.82) is 0 Å². The van der Waals surface area contributed by atoms with Crippen LogP contribution in [0.1, 0.15) is 36.5 Å². The maximum atomic E-state index is 9.48. The maximum absolute atomic E-state index is 9.48. The molecule has 0 heterocycles. The normalized spacial score (nSPS) is 14.1. The van der Waals surface area contributed by atoms with Gasteiger partial charge in [-0.2, -0.15) is 0 Å². The van der Waals surface area contributed by atoms with E-state index in [-0.39, 0.29) is 6.61 Å². The highest BCUT2D eigenvalue weighted by Gasteiger charge is 2.22. The smallest absolute Gasteiger partial charge is 0.191 e. The standard InChI is InChI=1S/C22H29N3O2/c1-2-23-22(24-13-18-7-3-4-9-20(18)15-26)25-14-19-8-5-6-10-21(19)27-16-17-11-12-17/h3-10,17,26H,2,11-16H2,1H3,(H2,23,24,25). The second kappa shape index (κ2) is 9.97. The van der Waals surface area contributed by atoms with Crippen LogP contribution in [0.2, 0.25) is 0 Å². The molecule has 0 saturated heterocycles. The second-order valence-electron chi connectivity index (χ2n) is 6.84. The van der Waals surface area contributed by atoms with Gasteiger partial charge in [-0.3, -0.25) is 0 Å². The van der Waals surface area contributed by atoms with Crippen LogP contribution in [0.4, 0.5) is 0 Å². The Labute approximate surface area is 161 Å². The first-order valence-corrected chi connectivity index (χ1v) is 9.70. The molecule has 27 heavy (non-hydrogen) atoms. The highest BCUT2D eigenvalue weighted by molar-refractivity contribution is 5.79. The molecule has 0 aromatic heterocycles. The molecular formula is C22H29N3O2. The third kappa shape index (κ3) is 6.00. The van der Waals surface area contributed by atoms with E-state index < -0.39 is 0 Å². The molecule has 3 rings (SSSR count). The van der Waals surface area contributed by atoms with Crippen molar-refractivity contribution in [2.24, 2.45) is 10.9 Å². The van der Waals surface area contributed by atoms with E-state index in [1.54, 1.807) is 0 Å². The molecule has 2 aromatic carbocycles. The van der Waals surface area contributed by atoms with Gasteiger partial charge in [0.25, 0.3) is 0 Å². The molecule has 0 radical (unpaired) electrons. The van der Waals surface area contributed by atoms with Crippen LogP contribution in [0.25, 0.3) is 0 Å². The monoisotopic (exact) mass is 367 g/mol. The van der Waals surface area contributed by atoms with Crippen LogP contribution in [-0.4, -0.2) is 24.2 Å². The maximum Gasteiger partial charge on any atom is 0.191 e. The SMILES string of the molecule is CCNC(=NCc1ccccc1OCC1CC1)NCc1ccccc1CO. The van der Waals surface area contributed by atoms with E-state index in [4.69, 9.17) is 9.73 Å². The first-order valence-electron chi connectivity index (χ1n) is 9.70. The first-order chi connectivity index (χ1) is 13.3.